The Morgan fingerprint density at radius 3 is 2.50 bits per heavy atom. The van der Waals surface area contributed by atoms with Crippen LogP contribution >= 0.6 is 15.9 Å². The molecule has 7 atom stereocenters. The number of piperazine rings is 1. The number of rotatable bonds is 5. The second-order valence-corrected chi connectivity index (χ2v) is 14.8. The Morgan fingerprint density at radius 1 is 1.12 bits per heavy atom. The smallest absolute Gasteiger partial charge is 0.261 e. The number of nitrogens with one attached hydrogen (secondary N) is 2. The van der Waals surface area contributed by atoms with Gasteiger partial charge in [0.05, 0.1) is 23.3 Å². The average Bonchev–Trinajstić information content (AvgIpc) is 2.94. The van der Waals surface area contributed by atoms with Gasteiger partial charge >= 0.3 is 0 Å². The molecule has 0 amide bonds. The van der Waals surface area contributed by atoms with Crippen molar-refractivity contribution < 1.29 is 0 Å². The van der Waals surface area contributed by atoms with Crippen LogP contribution in [0.4, 0.5) is 5.69 Å². The molecule has 42 heavy (non-hydrogen) atoms. The Labute approximate surface area is 258 Å². The van der Waals surface area contributed by atoms with Crippen LogP contribution in [0.1, 0.15) is 66.0 Å². The van der Waals surface area contributed by atoms with Crippen molar-refractivity contribution in [2.75, 3.05) is 18.4 Å². The predicted molar refractivity (Wildman–Crippen MR) is 176 cm³/mol. The quantitative estimate of drug-likeness (QED) is 0.249. The number of nitrogens with zero attached hydrogens (tertiary/aromatic N) is 4. The van der Waals surface area contributed by atoms with Gasteiger partial charge < -0.3 is 15.5 Å². The van der Waals surface area contributed by atoms with E-state index in [-0.39, 0.29) is 11.6 Å². The van der Waals surface area contributed by atoms with Crippen LogP contribution < -0.4 is 16.2 Å². The van der Waals surface area contributed by atoms with Crippen molar-refractivity contribution in [2.24, 2.45) is 28.2 Å². The van der Waals surface area contributed by atoms with E-state index in [1.807, 2.05) is 30.3 Å². The molecule has 8 heteroatoms. The molecular formula is C34H45BrN6O. The van der Waals surface area contributed by atoms with Crippen molar-refractivity contribution in [3.63, 3.8) is 0 Å². The summed E-state index contributed by atoms with van der Waals surface area (Å²) in [5, 5.41) is 7.98. The lowest BCUT2D eigenvalue weighted by Crippen LogP contribution is -2.59. The minimum Gasteiger partial charge on any atom is -0.340 e. The summed E-state index contributed by atoms with van der Waals surface area (Å²) < 4.78 is 2.81. The average molecular weight is 634 g/mol. The van der Waals surface area contributed by atoms with Crippen molar-refractivity contribution >= 4 is 38.5 Å². The lowest BCUT2D eigenvalue weighted by Gasteiger charge is -2.61. The zero-order chi connectivity index (χ0) is 29.8. The van der Waals surface area contributed by atoms with Crippen molar-refractivity contribution in [3.8, 4) is 0 Å². The summed E-state index contributed by atoms with van der Waals surface area (Å²) in [5.41, 5.74) is 3.24. The molecular weight excluding hydrogens is 588 g/mol. The van der Waals surface area contributed by atoms with Gasteiger partial charge in [-0.3, -0.25) is 9.36 Å². The Morgan fingerprint density at radius 2 is 1.83 bits per heavy atom. The van der Waals surface area contributed by atoms with Crippen molar-refractivity contribution in [3.05, 3.63) is 69.2 Å². The van der Waals surface area contributed by atoms with Crippen LogP contribution in [0.2, 0.25) is 0 Å². The third kappa shape index (κ3) is 5.64. The van der Waals surface area contributed by atoms with Gasteiger partial charge in [0.25, 0.3) is 5.56 Å². The number of hydrogen-bond donors (Lipinski definition) is 2. The molecule has 0 spiro atoms. The van der Waals surface area contributed by atoms with E-state index in [9.17, 15) is 4.79 Å². The third-order valence-corrected chi connectivity index (χ3v) is 10.9. The summed E-state index contributed by atoms with van der Waals surface area (Å²) in [5.74, 6) is 3.01. The lowest BCUT2D eigenvalue weighted by atomic mass is 9.45. The summed E-state index contributed by atoms with van der Waals surface area (Å²) in [6.45, 7) is 15.7. The Hall–Kier alpha value is -2.71. The van der Waals surface area contributed by atoms with Crippen LogP contribution in [-0.4, -0.2) is 51.6 Å². The van der Waals surface area contributed by atoms with E-state index in [2.05, 4.69) is 85.1 Å². The molecule has 1 aliphatic heterocycles. The number of anilines is 1. The van der Waals surface area contributed by atoms with Crippen molar-refractivity contribution in [1.29, 1.82) is 0 Å². The van der Waals surface area contributed by atoms with E-state index in [4.69, 9.17) is 9.98 Å². The number of aromatic nitrogens is 2. The van der Waals surface area contributed by atoms with E-state index in [0.717, 1.165) is 53.9 Å². The fraction of sp³-hybridized carbons (Fsp3) is 0.559. The van der Waals surface area contributed by atoms with Gasteiger partial charge in [-0.15, -0.1) is 0 Å². The molecule has 1 aromatic heterocycles. The SMILES string of the molecule is C[C@@H]1[C@@H](N=C(Nc2ccc3c(=O)n([C@H](C)Cc4ccc(Br)cc4)cnc3c2)N2C[C@@H](C)N[C@@H](C)C2)C[C@H]2C[C@@H]1C2(C)C. The standard InChI is InChI=1S/C34H45BrN6O/c1-20-17-40(18-21(2)37-20)33(39-30-15-25-14-29(23(30)4)34(25,5)6)38-27-11-12-28-31(16-27)36-19-41(32(28)42)22(3)13-24-7-9-26(35)10-8-24/h7-12,16,19-23,25,29-30,37H,13-15,17-18H2,1-6H3,(H,38,39)/t20-,21+,22-,23+,25-,29+,30+/m1/s1. The zero-order valence-electron chi connectivity index (χ0n) is 25.8. The van der Waals surface area contributed by atoms with Crippen molar-refractivity contribution in [2.45, 2.75) is 85.0 Å². The minimum atomic E-state index is -0.00678. The van der Waals surface area contributed by atoms with Gasteiger partial charge in [-0.1, -0.05) is 48.8 Å². The first kappa shape index (κ1) is 29.4. The highest BCUT2D eigenvalue weighted by molar-refractivity contribution is 9.10. The van der Waals surface area contributed by atoms with Crippen LogP contribution in [0.15, 0.2) is 63.1 Å². The molecule has 1 saturated heterocycles. The maximum atomic E-state index is 13.5. The fourth-order valence-corrected chi connectivity index (χ4v) is 8.12. The predicted octanol–water partition coefficient (Wildman–Crippen LogP) is 6.48. The first-order valence-electron chi connectivity index (χ1n) is 15.6. The van der Waals surface area contributed by atoms with E-state index in [1.54, 1.807) is 10.9 Å². The first-order chi connectivity index (χ1) is 20.0. The monoisotopic (exact) mass is 632 g/mol. The molecule has 2 heterocycles. The minimum absolute atomic E-state index is 0.00234. The molecule has 0 unspecified atom stereocenters. The summed E-state index contributed by atoms with van der Waals surface area (Å²) in [7, 11) is 0. The Kier molecular flexibility index (Phi) is 7.98. The molecule has 3 saturated carbocycles. The first-order valence-corrected chi connectivity index (χ1v) is 16.4. The number of halogens is 1. The normalized spacial score (nSPS) is 29.7. The maximum Gasteiger partial charge on any atom is 0.261 e. The lowest BCUT2D eigenvalue weighted by molar-refractivity contribution is -0.108. The molecule has 7 rings (SSSR count). The van der Waals surface area contributed by atoms with Gasteiger partial charge in [-0.2, -0.15) is 0 Å². The molecule has 224 valence electrons. The molecule has 2 bridgehead atoms. The second-order valence-electron chi connectivity index (χ2n) is 13.8. The van der Waals surface area contributed by atoms with Gasteiger partial charge in [0, 0.05) is 41.4 Å². The maximum absolute atomic E-state index is 13.5. The van der Waals surface area contributed by atoms with Crippen LogP contribution in [0.25, 0.3) is 10.9 Å². The van der Waals surface area contributed by atoms with Crippen LogP contribution in [-0.2, 0) is 6.42 Å². The number of guanidine groups is 1. The van der Waals surface area contributed by atoms with E-state index >= 15 is 0 Å². The number of fused-ring (bicyclic) bond motifs is 3. The number of benzene rings is 2. The molecule has 2 N–H and O–H groups in total. The largest absolute Gasteiger partial charge is 0.340 e. The van der Waals surface area contributed by atoms with Crippen LogP contribution in [0.3, 0.4) is 0 Å². The van der Waals surface area contributed by atoms with Gasteiger partial charge in [-0.05, 0) is 99.1 Å². The summed E-state index contributed by atoms with van der Waals surface area (Å²) in [6, 6.07) is 15.3. The van der Waals surface area contributed by atoms with Crippen LogP contribution in [0, 0.1) is 23.2 Å². The van der Waals surface area contributed by atoms with Crippen molar-refractivity contribution in [1.82, 2.24) is 19.8 Å². The highest BCUT2D eigenvalue weighted by Crippen LogP contribution is 2.61. The van der Waals surface area contributed by atoms with Gasteiger partial charge in [0.2, 0.25) is 0 Å². The number of hydrogen-bond acceptors (Lipinski definition) is 4. The third-order valence-electron chi connectivity index (χ3n) is 10.4. The highest BCUT2D eigenvalue weighted by atomic mass is 79.9. The number of aliphatic imine (C=N–C) groups is 1. The Balaban J connectivity index is 1.26. The van der Waals surface area contributed by atoms with Crippen LogP contribution in [0.5, 0.6) is 0 Å². The zero-order valence-corrected chi connectivity index (χ0v) is 27.4. The summed E-state index contributed by atoms with van der Waals surface area (Å²) in [6.07, 6.45) is 4.97. The summed E-state index contributed by atoms with van der Waals surface area (Å²) in [4.78, 5) is 26.1. The fourth-order valence-electron chi connectivity index (χ4n) is 7.86. The van der Waals surface area contributed by atoms with Gasteiger partial charge in [-0.25, -0.2) is 9.98 Å². The molecule has 3 aromatic rings. The van der Waals surface area contributed by atoms with E-state index in [1.165, 1.54) is 12.0 Å². The molecule has 0 radical (unpaired) electrons. The molecule has 4 aliphatic rings. The summed E-state index contributed by atoms with van der Waals surface area (Å²) >= 11 is 3.50. The van der Waals surface area contributed by atoms with E-state index in [0.29, 0.717) is 40.4 Å². The van der Waals surface area contributed by atoms with Gasteiger partial charge in [0.15, 0.2) is 5.96 Å². The second kappa shape index (κ2) is 11.4. The van der Waals surface area contributed by atoms with Gasteiger partial charge in [0.1, 0.15) is 0 Å². The van der Waals surface area contributed by atoms with E-state index < -0.39 is 0 Å². The highest BCUT2D eigenvalue weighted by Gasteiger charge is 2.56. The molecule has 2 aromatic carbocycles. The molecule has 3 aliphatic carbocycles. The molecule has 4 fully saturated rings. The Bertz CT molecular complexity index is 1520. The topological polar surface area (TPSA) is 74.5 Å². The molecule has 7 nitrogen and oxygen atoms in total.